The van der Waals surface area contributed by atoms with Gasteiger partial charge in [-0.2, -0.15) is 0 Å². The van der Waals surface area contributed by atoms with Gasteiger partial charge in [-0.25, -0.2) is 4.79 Å². The number of ether oxygens (including phenoxy) is 1. The third-order valence-corrected chi connectivity index (χ3v) is 2.28. The number of aliphatic carboxylic acids is 1. The summed E-state index contributed by atoms with van der Waals surface area (Å²) < 4.78 is 4.81. The van der Waals surface area contributed by atoms with Gasteiger partial charge in [-0.05, 0) is 18.4 Å². The highest BCUT2D eigenvalue weighted by atomic mass is 16.5. The molecule has 0 aromatic heterocycles. The van der Waals surface area contributed by atoms with Crippen molar-refractivity contribution in [2.45, 2.75) is 25.5 Å². The van der Waals surface area contributed by atoms with E-state index in [2.05, 4.69) is 0 Å². The molecule has 0 spiro atoms. The van der Waals surface area contributed by atoms with Crippen molar-refractivity contribution in [1.82, 2.24) is 0 Å². The largest absolute Gasteiger partial charge is 0.479 e. The van der Waals surface area contributed by atoms with Crippen molar-refractivity contribution < 1.29 is 14.6 Å². The standard InChI is InChI=1S/C7H9N.C5H8O3/c8-6-7-4-2-1-3-5-7;6-5(7)4-2-1-3-8-4/h1-5H,6,8H2;4H,1-3H2,(H,6,7). The monoisotopic (exact) mass is 223 g/mol. The molecule has 0 aliphatic carbocycles. The van der Waals surface area contributed by atoms with E-state index in [4.69, 9.17) is 15.6 Å². The highest BCUT2D eigenvalue weighted by Gasteiger charge is 2.21. The van der Waals surface area contributed by atoms with E-state index in [-0.39, 0.29) is 0 Å². The van der Waals surface area contributed by atoms with Crippen molar-refractivity contribution in [3.8, 4) is 0 Å². The molecule has 1 aromatic rings. The van der Waals surface area contributed by atoms with Crippen LogP contribution in [0.2, 0.25) is 0 Å². The van der Waals surface area contributed by atoms with E-state index in [1.54, 1.807) is 0 Å². The van der Waals surface area contributed by atoms with Crippen LogP contribution >= 0.6 is 0 Å². The zero-order valence-electron chi connectivity index (χ0n) is 9.13. The molecule has 1 aliphatic rings. The molecule has 1 atom stereocenters. The Morgan fingerprint density at radius 2 is 2.12 bits per heavy atom. The fourth-order valence-electron chi connectivity index (χ4n) is 1.39. The predicted octanol–water partition coefficient (Wildman–Crippen LogP) is 1.40. The summed E-state index contributed by atoms with van der Waals surface area (Å²) in [7, 11) is 0. The predicted molar refractivity (Wildman–Crippen MR) is 60.9 cm³/mol. The van der Waals surface area contributed by atoms with E-state index >= 15 is 0 Å². The van der Waals surface area contributed by atoms with E-state index in [9.17, 15) is 4.79 Å². The van der Waals surface area contributed by atoms with Crippen molar-refractivity contribution in [3.05, 3.63) is 35.9 Å². The Labute approximate surface area is 95.0 Å². The minimum Gasteiger partial charge on any atom is -0.479 e. The minimum absolute atomic E-state index is 0.519. The summed E-state index contributed by atoms with van der Waals surface area (Å²) in [6, 6.07) is 9.99. The highest BCUT2D eigenvalue weighted by molar-refractivity contribution is 5.72. The summed E-state index contributed by atoms with van der Waals surface area (Å²) in [5.41, 5.74) is 6.54. The summed E-state index contributed by atoms with van der Waals surface area (Å²) in [5, 5.41) is 8.29. The molecule has 0 saturated carbocycles. The minimum atomic E-state index is -0.831. The third-order valence-electron chi connectivity index (χ3n) is 2.28. The molecular formula is C12H17NO3. The van der Waals surface area contributed by atoms with Gasteiger partial charge in [0.1, 0.15) is 0 Å². The van der Waals surface area contributed by atoms with Gasteiger partial charge in [0.2, 0.25) is 0 Å². The van der Waals surface area contributed by atoms with Crippen molar-refractivity contribution in [1.29, 1.82) is 0 Å². The average molecular weight is 223 g/mol. The number of nitrogens with two attached hydrogens (primary N) is 1. The van der Waals surface area contributed by atoms with Crippen LogP contribution in [0.3, 0.4) is 0 Å². The quantitative estimate of drug-likeness (QED) is 0.794. The van der Waals surface area contributed by atoms with E-state index in [0.29, 0.717) is 19.6 Å². The molecule has 0 radical (unpaired) electrons. The molecule has 88 valence electrons. The Kier molecular flexibility index (Phi) is 5.53. The molecule has 3 N–H and O–H groups in total. The number of hydrogen-bond donors (Lipinski definition) is 2. The number of carbonyl (C=O) groups is 1. The zero-order chi connectivity index (χ0) is 11.8. The van der Waals surface area contributed by atoms with Gasteiger partial charge in [0, 0.05) is 13.2 Å². The lowest BCUT2D eigenvalue weighted by Crippen LogP contribution is -2.17. The lowest BCUT2D eigenvalue weighted by atomic mass is 10.2. The van der Waals surface area contributed by atoms with Gasteiger partial charge in [0.05, 0.1) is 0 Å². The van der Waals surface area contributed by atoms with Crippen LogP contribution in [-0.4, -0.2) is 23.8 Å². The SMILES string of the molecule is NCc1ccccc1.O=C(O)C1CCCO1. The van der Waals surface area contributed by atoms with Gasteiger partial charge in [0.25, 0.3) is 0 Å². The summed E-state index contributed by atoms with van der Waals surface area (Å²) in [4.78, 5) is 10.1. The molecule has 0 amide bonds. The van der Waals surface area contributed by atoms with Crippen LogP contribution in [0.15, 0.2) is 30.3 Å². The van der Waals surface area contributed by atoms with Crippen LogP contribution in [0, 0.1) is 0 Å². The number of rotatable bonds is 2. The van der Waals surface area contributed by atoms with E-state index in [1.807, 2.05) is 30.3 Å². The van der Waals surface area contributed by atoms with Crippen LogP contribution in [0.4, 0.5) is 0 Å². The molecular weight excluding hydrogens is 206 g/mol. The molecule has 1 heterocycles. The summed E-state index contributed by atoms with van der Waals surface area (Å²) in [5.74, 6) is -0.831. The number of hydrogen-bond acceptors (Lipinski definition) is 3. The maximum atomic E-state index is 10.1. The van der Waals surface area contributed by atoms with Gasteiger partial charge in [-0.3, -0.25) is 0 Å². The van der Waals surface area contributed by atoms with E-state index < -0.39 is 12.1 Å². The molecule has 1 aliphatic heterocycles. The lowest BCUT2D eigenvalue weighted by molar-refractivity contribution is -0.147. The van der Waals surface area contributed by atoms with Gasteiger partial charge in [0.15, 0.2) is 6.10 Å². The maximum Gasteiger partial charge on any atom is 0.332 e. The zero-order valence-corrected chi connectivity index (χ0v) is 9.13. The summed E-state index contributed by atoms with van der Waals surface area (Å²) in [6.07, 6.45) is 1.04. The molecule has 1 unspecified atom stereocenters. The first-order valence-electron chi connectivity index (χ1n) is 5.32. The summed E-state index contributed by atoms with van der Waals surface area (Å²) >= 11 is 0. The molecule has 16 heavy (non-hydrogen) atoms. The topological polar surface area (TPSA) is 72.6 Å². The fraction of sp³-hybridized carbons (Fsp3) is 0.417. The molecule has 4 nitrogen and oxygen atoms in total. The Hall–Kier alpha value is -1.39. The smallest absolute Gasteiger partial charge is 0.332 e. The maximum absolute atomic E-state index is 10.1. The van der Waals surface area contributed by atoms with Gasteiger partial charge < -0.3 is 15.6 Å². The van der Waals surface area contributed by atoms with E-state index in [1.165, 1.54) is 5.56 Å². The second-order valence-corrected chi connectivity index (χ2v) is 3.53. The van der Waals surface area contributed by atoms with Gasteiger partial charge in [-0.1, -0.05) is 30.3 Å². The molecule has 1 aromatic carbocycles. The Balaban J connectivity index is 0.000000160. The Morgan fingerprint density at radius 1 is 1.44 bits per heavy atom. The van der Waals surface area contributed by atoms with Crippen LogP contribution in [-0.2, 0) is 16.1 Å². The van der Waals surface area contributed by atoms with Gasteiger partial charge >= 0.3 is 5.97 Å². The van der Waals surface area contributed by atoms with Crippen LogP contribution in [0.25, 0.3) is 0 Å². The molecule has 0 bridgehead atoms. The number of benzene rings is 1. The number of carboxylic acid groups (broad SMARTS) is 1. The normalized spacial score (nSPS) is 18.7. The molecule has 1 fully saturated rings. The van der Waals surface area contributed by atoms with Crippen molar-refractivity contribution in [3.63, 3.8) is 0 Å². The van der Waals surface area contributed by atoms with Gasteiger partial charge in [-0.15, -0.1) is 0 Å². The van der Waals surface area contributed by atoms with Crippen molar-refractivity contribution >= 4 is 5.97 Å². The van der Waals surface area contributed by atoms with Crippen LogP contribution < -0.4 is 5.73 Å². The van der Waals surface area contributed by atoms with Crippen LogP contribution in [0.5, 0.6) is 0 Å². The Bertz CT molecular complexity index is 307. The molecule has 1 saturated heterocycles. The van der Waals surface area contributed by atoms with Crippen molar-refractivity contribution in [2.24, 2.45) is 5.73 Å². The summed E-state index contributed by atoms with van der Waals surface area (Å²) in [6.45, 7) is 1.25. The second-order valence-electron chi connectivity index (χ2n) is 3.53. The van der Waals surface area contributed by atoms with Crippen molar-refractivity contribution in [2.75, 3.05) is 6.61 Å². The third kappa shape index (κ3) is 4.42. The fourth-order valence-corrected chi connectivity index (χ4v) is 1.39. The highest BCUT2D eigenvalue weighted by Crippen LogP contribution is 2.10. The first-order valence-corrected chi connectivity index (χ1v) is 5.32. The molecule has 2 rings (SSSR count). The molecule has 4 heteroatoms. The first kappa shape index (κ1) is 12.7. The second kappa shape index (κ2) is 6.98. The number of carboxylic acids is 1. The first-order chi connectivity index (χ1) is 7.74. The van der Waals surface area contributed by atoms with Crippen LogP contribution in [0.1, 0.15) is 18.4 Å². The lowest BCUT2D eigenvalue weighted by Gasteiger charge is -1.98. The average Bonchev–Trinajstić information content (AvgIpc) is 2.85. The van der Waals surface area contributed by atoms with E-state index in [0.717, 1.165) is 6.42 Å². The Morgan fingerprint density at radius 3 is 2.44 bits per heavy atom.